The zero-order valence-electron chi connectivity index (χ0n) is 13.1. The molecular formula is C11H22N4O11. The van der Waals surface area contributed by atoms with Gasteiger partial charge in [0.05, 0.1) is 0 Å². The number of aliphatic hydroxyl groups excluding tert-OH is 7. The van der Waals surface area contributed by atoms with Gasteiger partial charge in [-0.2, -0.15) is 0 Å². The van der Waals surface area contributed by atoms with Crippen LogP contribution in [0.3, 0.4) is 0 Å². The number of amides is 4. The molecule has 7 atom stereocenters. The largest absolute Gasteiger partial charge is 0.387 e. The molecule has 15 nitrogen and oxygen atoms in total. The van der Waals surface area contributed by atoms with E-state index in [1.807, 2.05) is 0 Å². The van der Waals surface area contributed by atoms with Crippen molar-refractivity contribution in [2.45, 2.75) is 42.7 Å². The molecule has 15 N–H and O–H groups in total. The highest BCUT2D eigenvalue weighted by Gasteiger charge is 2.35. The Balaban J connectivity index is 0. The van der Waals surface area contributed by atoms with Crippen molar-refractivity contribution in [1.29, 1.82) is 0 Å². The summed E-state index contributed by atoms with van der Waals surface area (Å²) in [6.07, 6.45) is -14.3. The number of nitrogens with two attached hydrogens (primary N) is 4. The maximum atomic E-state index is 10.3. The highest BCUT2D eigenvalue weighted by molar-refractivity contribution is 5.83. The number of primary amides is 4. The zero-order valence-corrected chi connectivity index (χ0v) is 13.1. The summed E-state index contributed by atoms with van der Waals surface area (Å²) in [4.78, 5) is 41.1. The molecule has 15 heteroatoms. The van der Waals surface area contributed by atoms with Crippen molar-refractivity contribution in [2.24, 2.45) is 22.9 Å². The van der Waals surface area contributed by atoms with Crippen LogP contribution in [0.1, 0.15) is 0 Å². The molecule has 0 radical (unpaired) electrons. The van der Waals surface area contributed by atoms with Crippen LogP contribution >= 0.6 is 0 Å². The molecule has 0 aromatic carbocycles. The number of hydrogen-bond donors (Lipinski definition) is 11. The van der Waals surface area contributed by atoms with Crippen LogP contribution < -0.4 is 22.9 Å². The number of carbonyl (C=O) groups is 4. The SMILES string of the molecule is NC(=O)[C@@H](O)[C@@H](O)[C@H](O)[C@@H](O)C(N)=O.NC(=O)[C@@H](O)[C@H](O)[C@@H](O)C(N)=O. The molecule has 152 valence electrons. The molecule has 0 bridgehead atoms. The normalized spacial score (nSPS) is 18.7. The highest BCUT2D eigenvalue weighted by atomic mass is 16.4. The lowest BCUT2D eigenvalue weighted by Crippen LogP contribution is -2.52. The van der Waals surface area contributed by atoms with Gasteiger partial charge in [-0.25, -0.2) is 0 Å². The van der Waals surface area contributed by atoms with Crippen molar-refractivity contribution < 1.29 is 54.9 Å². The van der Waals surface area contributed by atoms with E-state index in [1.54, 1.807) is 0 Å². The van der Waals surface area contributed by atoms with Crippen molar-refractivity contribution in [3.05, 3.63) is 0 Å². The van der Waals surface area contributed by atoms with Crippen molar-refractivity contribution in [3.63, 3.8) is 0 Å². The van der Waals surface area contributed by atoms with E-state index in [2.05, 4.69) is 22.9 Å². The molecule has 0 aliphatic rings. The lowest BCUT2D eigenvalue weighted by atomic mass is 10.0. The van der Waals surface area contributed by atoms with Gasteiger partial charge in [-0.05, 0) is 0 Å². The number of carbonyl (C=O) groups excluding carboxylic acids is 4. The van der Waals surface area contributed by atoms with Crippen LogP contribution in [-0.4, -0.2) is 102 Å². The molecule has 0 aromatic heterocycles. The Morgan fingerprint density at radius 1 is 0.423 bits per heavy atom. The fourth-order valence-corrected chi connectivity index (χ4v) is 1.22. The molecule has 0 saturated heterocycles. The Morgan fingerprint density at radius 2 is 0.577 bits per heavy atom. The Labute approximate surface area is 145 Å². The minimum Gasteiger partial charge on any atom is -0.387 e. The molecule has 26 heavy (non-hydrogen) atoms. The summed E-state index contributed by atoms with van der Waals surface area (Å²) in [6.45, 7) is 0. The summed E-state index contributed by atoms with van der Waals surface area (Å²) in [5.74, 6) is -5.09. The van der Waals surface area contributed by atoms with Crippen LogP contribution in [-0.2, 0) is 19.2 Å². The van der Waals surface area contributed by atoms with Gasteiger partial charge in [0.1, 0.15) is 18.3 Å². The molecule has 0 spiro atoms. The van der Waals surface area contributed by atoms with E-state index in [0.29, 0.717) is 0 Å². The lowest BCUT2D eigenvalue weighted by Gasteiger charge is -2.22. The minimum absolute atomic E-state index is 1.25. The summed E-state index contributed by atoms with van der Waals surface area (Å²) < 4.78 is 0. The fraction of sp³-hybridized carbons (Fsp3) is 0.636. The predicted octanol–water partition coefficient (Wildman–Crippen LogP) is -8.56. The molecule has 0 aromatic rings. The van der Waals surface area contributed by atoms with E-state index in [-0.39, 0.29) is 0 Å². The highest BCUT2D eigenvalue weighted by Crippen LogP contribution is 2.04. The van der Waals surface area contributed by atoms with Gasteiger partial charge >= 0.3 is 0 Å². The summed E-state index contributed by atoms with van der Waals surface area (Å²) in [5.41, 5.74) is 18.3. The Kier molecular flexibility index (Phi) is 11.2. The van der Waals surface area contributed by atoms with E-state index in [0.717, 1.165) is 0 Å². The van der Waals surface area contributed by atoms with Crippen LogP contribution in [0.4, 0.5) is 0 Å². The second kappa shape index (κ2) is 11.3. The average Bonchev–Trinajstić information content (AvgIpc) is 2.56. The zero-order chi connectivity index (χ0) is 21.4. The van der Waals surface area contributed by atoms with Crippen molar-refractivity contribution in [3.8, 4) is 0 Å². The van der Waals surface area contributed by atoms with Gasteiger partial charge in [0, 0.05) is 0 Å². The third-order valence-corrected chi connectivity index (χ3v) is 2.81. The first-order chi connectivity index (χ1) is 11.7. The molecule has 0 unspecified atom stereocenters. The molecule has 0 saturated carbocycles. The first-order valence-corrected chi connectivity index (χ1v) is 6.60. The average molecular weight is 386 g/mol. The molecular weight excluding hydrogens is 364 g/mol. The van der Waals surface area contributed by atoms with Gasteiger partial charge in [-0.3, -0.25) is 19.2 Å². The summed E-state index contributed by atoms with van der Waals surface area (Å²) in [7, 11) is 0. The van der Waals surface area contributed by atoms with E-state index in [4.69, 9.17) is 35.7 Å². The molecule has 0 heterocycles. The van der Waals surface area contributed by atoms with Crippen LogP contribution in [0, 0.1) is 0 Å². The van der Waals surface area contributed by atoms with Crippen molar-refractivity contribution >= 4 is 23.6 Å². The van der Waals surface area contributed by atoms with Gasteiger partial charge in [0.2, 0.25) is 23.6 Å². The summed E-state index contributed by atoms with van der Waals surface area (Å²) in [6, 6.07) is 0. The monoisotopic (exact) mass is 386 g/mol. The second-order valence-corrected chi connectivity index (χ2v) is 4.86. The topological polar surface area (TPSA) is 314 Å². The molecule has 4 amide bonds. The second-order valence-electron chi connectivity index (χ2n) is 4.86. The molecule has 0 aliphatic carbocycles. The van der Waals surface area contributed by atoms with E-state index < -0.39 is 66.4 Å². The van der Waals surface area contributed by atoms with Gasteiger partial charge < -0.3 is 58.7 Å². The van der Waals surface area contributed by atoms with Gasteiger partial charge in [-0.15, -0.1) is 0 Å². The fourth-order valence-electron chi connectivity index (χ4n) is 1.22. The minimum atomic E-state index is -2.08. The van der Waals surface area contributed by atoms with Crippen LogP contribution in [0.15, 0.2) is 0 Å². The summed E-state index contributed by atoms with van der Waals surface area (Å²) in [5, 5.41) is 62.0. The summed E-state index contributed by atoms with van der Waals surface area (Å²) >= 11 is 0. The Morgan fingerprint density at radius 3 is 0.731 bits per heavy atom. The maximum absolute atomic E-state index is 10.3. The predicted molar refractivity (Wildman–Crippen MR) is 78.8 cm³/mol. The molecule has 0 aliphatic heterocycles. The van der Waals surface area contributed by atoms with Crippen LogP contribution in [0.25, 0.3) is 0 Å². The lowest BCUT2D eigenvalue weighted by molar-refractivity contribution is -0.152. The smallest absolute Gasteiger partial charge is 0.249 e. The van der Waals surface area contributed by atoms with Gasteiger partial charge in [-0.1, -0.05) is 0 Å². The maximum Gasteiger partial charge on any atom is 0.249 e. The Bertz CT molecular complexity index is 472. The molecule has 0 fully saturated rings. The quantitative estimate of drug-likeness (QED) is 0.176. The first-order valence-electron chi connectivity index (χ1n) is 6.60. The third kappa shape index (κ3) is 8.12. The third-order valence-electron chi connectivity index (χ3n) is 2.81. The van der Waals surface area contributed by atoms with Gasteiger partial charge in [0.25, 0.3) is 0 Å². The number of aliphatic hydroxyl groups is 7. The number of rotatable bonds is 9. The van der Waals surface area contributed by atoms with E-state index in [1.165, 1.54) is 0 Å². The van der Waals surface area contributed by atoms with E-state index in [9.17, 15) is 19.2 Å². The van der Waals surface area contributed by atoms with E-state index >= 15 is 0 Å². The van der Waals surface area contributed by atoms with Crippen LogP contribution in [0.5, 0.6) is 0 Å². The van der Waals surface area contributed by atoms with Crippen molar-refractivity contribution in [1.82, 2.24) is 0 Å². The number of hydrogen-bond acceptors (Lipinski definition) is 11. The van der Waals surface area contributed by atoms with Gasteiger partial charge in [0.15, 0.2) is 24.4 Å². The first kappa shape index (κ1) is 25.8. The van der Waals surface area contributed by atoms with Crippen molar-refractivity contribution in [2.75, 3.05) is 0 Å². The Hall–Kier alpha value is -2.40. The standard InChI is InChI=1S/C6H12N2O6.C5H10N2O5/c7-5(13)3(11)1(9)2(10)4(12)6(8)14;6-4(11)2(9)1(8)3(10)5(7)12/h1-4,9-12H,(H2,7,13)(H2,8,14);1-3,8-10H,(H2,6,11)(H2,7,12)/t1-,2-,3-,4+;1-,2-,3+/m0./s1. The van der Waals surface area contributed by atoms with Crippen LogP contribution in [0.2, 0.25) is 0 Å². The molecule has 0 rings (SSSR count).